The van der Waals surface area contributed by atoms with Gasteiger partial charge in [-0.3, -0.25) is 0 Å². The molecule has 2 heterocycles. The van der Waals surface area contributed by atoms with Crippen molar-refractivity contribution in [1.82, 2.24) is 10.1 Å². The van der Waals surface area contributed by atoms with Crippen molar-refractivity contribution < 1.29 is 14.4 Å². The number of nitrogens with zero attached hydrogens (tertiary/aromatic N) is 2. The van der Waals surface area contributed by atoms with Crippen LogP contribution in [0, 0.1) is 6.92 Å². The Labute approximate surface area is 210 Å². The van der Waals surface area contributed by atoms with E-state index in [1.165, 1.54) is 0 Å². The van der Waals surface area contributed by atoms with Crippen molar-refractivity contribution in [3.63, 3.8) is 0 Å². The zero-order valence-corrected chi connectivity index (χ0v) is 20.6. The highest BCUT2D eigenvalue weighted by molar-refractivity contribution is 6.33. The predicted molar refractivity (Wildman–Crippen MR) is 136 cm³/mol. The van der Waals surface area contributed by atoms with Crippen molar-refractivity contribution in [2.45, 2.75) is 69.7 Å². The second kappa shape index (κ2) is 9.05. The summed E-state index contributed by atoms with van der Waals surface area (Å²) >= 11 is 6.56. The van der Waals surface area contributed by atoms with Crippen LogP contribution in [0.3, 0.4) is 0 Å². The predicted octanol–water partition coefficient (Wildman–Crippen LogP) is 7.08. The highest BCUT2D eigenvalue weighted by atomic mass is 35.5. The molecule has 35 heavy (non-hydrogen) atoms. The molecule has 0 radical (unpaired) electrons. The van der Waals surface area contributed by atoms with Gasteiger partial charge in [-0.25, -0.2) is 4.98 Å². The van der Waals surface area contributed by atoms with E-state index in [1.807, 2.05) is 61.5 Å². The lowest BCUT2D eigenvalue weighted by molar-refractivity contribution is -0.0660. The van der Waals surface area contributed by atoms with Gasteiger partial charge in [0, 0.05) is 22.4 Å². The molecule has 0 amide bonds. The molecule has 0 atom stereocenters. The fraction of sp³-hybridized carbons (Fsp3) is 0.379. The van der Waals surface area contributed by atoms with Crippen LogP contribution < -0.4 is 0 Å². The van der Waals surface area contributed by atoms with Gasteiger partial charge in [0.1, 0.15) is 17.1 Å². The zero-order valence-electron chi connectivity index (χ0n) is 19.8. The molecule has 1 N–H and O–H groups in total. The summed E-state index contributed by atoms with van der Waals surface area (Å²) in [6.45, 7) is 2.48. The lowest BCUT2D eigenvalue weighted by Crippen LogP contribution is -2.35. The maximum absolute atomic E-state index is 11.4. The van der Waals surface area contributed by atoms with Crippen LogP contribution in [-0.2, 0) is 16.9 Å². The number of aliphatic hydroxyl groups is 1. The number of aromatic nitrogens is 2. The van der Waals surface area contributed by atoms with Gasteiger partial charge in [0.25, 0.3) is 0 Å². The normalized spacial score (nSPS) is 22.5. The molecule has 0 spiro atoms. The SMILES string of the molecule is Cc1cccc(Cl)c1-c1noc(C2CC2)c1CO[C@H]1CC[C@](O)(c2ccc3ccccc3n2)CC1. The van der Waals surface area contributed by atoms with Crippen molar-refractivity contribution in [2.24, 2.45) is 0 Å². The number of hydrogen-bond acceptors (Lipinski definition) is 5. The third-order valence-electron chi connectivity index (χ3n) is 7.52. The summed E-state index contributed by atoms with van der Waals surface area (Å²) in [6, 6.07) is 17.9. The molecule has 5 nitrogen and oxygen atoms in total. The molecule has 0 bridgehead atoms. The summed E-state index contributed by atoms with van der Waals surface area (Å²) in [6.07, 6.45) is 5.11. The third-order valence-corrected chi connectivity index (χ3v) is 7.84. The average molecular weight is 489 g/mol. The van der Waals surface area contributed by atoms with Gasteiger partial charge in [-0.05, 0) is 69.2 Å². The number of aryl methyl sites for hydroxylation is 1. The van der Waals surface area contributed by atoms with E-state index < -0.39 is 5.60 Å². The molecule has 6 heteroatoms. The van der Waals surface area contributed by atoms with Crippen LogP contribution in [0.2, 0.25) is 5.02 Å². The molecule has 180 valence electrons. The molecule has 2 aliphatic rings. The summed E-state index contributed by atoms with van der Waals surface area (Å²) in [5.74, 6) is 1.36. The highest BCUT2D eigenvalue weighted by Crippen LogP contribution is 2.46. The Kier molecular flexibility index (Phi) is 5.87. The Hall–Kier alpha value is -2.73. The molecule has 2 aromatic carbocycles. The monoisotopic (exact) mass is 488 g/mol. The standard InChI is InChI=1S/C29H29ClN2O3/c1-18-5-4-7-23(30)26(18)27-22(28(35-32-27)20-9-10-20)17-34-21-13-15-29(33,16-14-21)25-12-11-19-6-2-3-8-24(19)31-25/h2-8,11-12,20-21,33H,9-10,13-17H2,1H3/t21-,29+. The van der Waals surface area contributed by atoms with Gasteiger partial charge < -0.3 is 14.4 Å². The van der Waals surface area contributed by atoms with E-state index in [2.05, 4.69) is 5.16 Å². The van der Waals surface area contributed by atoms with Gasteiger partial charge in [0.2, 0.25) is 0 Å². The van der Waals surface area contributed by atoms with Crippen molar-refractivity contribution in [3.05, 3.63) is 82.2 Å². The van der Waals surface area contributed by atoms with E-state index in [9.17, 15) is 5.11 Å². The Balaban J connectivity index is 1.18. The second-order valence-electron chi connectivity index (χ2n) is 10.0. The van der Waals surface area contributed by atoms with Crippen LogP contribution in [0.25, 0.3) is 22.2 Å². The molecular formula is C29H29ClN2O3. The van der Waals surface area contributed by atoms with E-state index in [4.69, 9.17) is 25.8 Å². The zero-order chi connectivity index (χ0) is 24.0. The molecule has 2 aromatic heterocycles. The van der Waals surface area contributed by atoms with Gasteiger partial charge in [-0.1, -0.05) is 53.2 Å². The maximum atomic E-state index is 11.4. The van der Waals surface area contributed by atoms with Crippen LogP contribution in [0.1, 0.15) is 67.0 Å². The number of ether oxygens (including phenoxy) is 1. The number of hydrogen-bond donors (Lipinski definition) is 1. The van der Waals surface area contributed by atoms with Gasteiger partial charge in [-0.2, -0.15) is 0 Å². The minimum atomic E-state index is -0.917. The Bertz CT molecular complexity index is 1350. The fourth-order valence-electron chi connectivity index (χ4n) is 5.27. The van der Waals surface area contributed by atoms with Gasteiger partial charge in [-0.15, -0.1) is 0 Å². The summed E-state index contributed by atoms with van der Waals surface area (Å²) in [5, 5.41) is 17.6. The van der Waals surface area contributed by atoms with Crippen molar-refractivity contribution >= 4 is 22.5 Å². The molecule has 0 unspecified atom stereocenters. The first-order chi connectivity index (χ1) is 17.0. The van der Waals surface area contributed by atoms with Crippen molar-refractivity contribution in [2.75, 3.05) is 0 Å². The summed E-state index contributed by atoms with van der Waals surface area (Å²) in [7, 11) is 0. The number of fused-ring (bicyclic) bond motifs is 1. The fourth-order valence-corrected chi connectivity index (χ4v) is 5.59. The van der Waals surface area contributed by atoms with Crippen LogP contribution in [-0.4, -0.2) is 21.4 Å². The molecule has 6 rings (SSSR count). The van der Waals surface area contributed by atoms with E-state index in [1.54, 1.807) is 0 Å². The van der Waals surface area contributed by atoms with Crippen LogP contribution in [0.5, 0.6) is 0 Å². The first-order valence-corrected chi connectivity index (χ1v) is 12.8. The molecular weight excluding hydrogens is 460 g/mol. The summed E-state index contributed by atoms with van der Waals surface area (Å²) in [5.41, 5.74) is 4.55. The Morgan fingerprint density at radius 2 is 1.83 bits per heavy atom. The Morgan fingerprint density at radius 3 is 2.60 bits per heavy atom. The summed E-state index contributed by atoms with van der Waals surface area (Å²) < 4.78 is 12.2. The number of pyridine rings is 1. The Morgan fingerprint density at radius 1 is 1.03 bits per heavy atom. The van der Waals surface area contributed by atoms with Crippen molar-refractivity contribution in [1.29, 1.82) is 0 Å². The summed E-state index contributed by atoms with van der Waals surface area (Å²) in [4.78, 5) is 4.76. The number of para-hydroxylation sites is 1. The molecule has 0 aliphatic heterocycles. The van der Waals surface area contributed by atoms with Gasteiger partial charge >= 0.3 is 0 Å². The minimum absolute atomic E-state index is 0.0675. The van der Waals surface area contributed by atoms with E-state index >= 15 is 0 Å². The smallest absolute Gasteiger partial charge is 0.145 e. The topological polar surface area (TPSA) is 68.4 Å². The number of rotatable bonds is 6. The molecule has 2 saturated carbocycles. The minimum Gasteiger partial charge on any atom is -0.384 e. The maximum Gasteiger partial charge on any atom is 0.145 e. The number of halogens is 1. The third kappa shape index (κ3) is 4.37. The molecule has 2 aliphatic carbocycles. The lowest BCUT2D eigenvalue weighted by atomic mass is 9.80. The number of benzene rings is 2. The lowest BCUT2D eigenvalue weighted by Gasteiger charge is -2.35. The average Bonchev–Trinajstić information content (AvgIpc) is 3.64. The van der Waals surface area contributed by atoms with E-state index in [-0.39, 0.29) is 6.10 Å². The van der Waals surface area contributed by atoms with Crippen LogP contribution in [0.15, 0.2) is 59.1 Å². The molecule has 2 fully saturated rings. The first-order valence-electron chi connectivity index (χ1n) is 12.5. The molecule has 0 saturated heterocycles. The largest absolute Gasteiger partial charge is 0.384 e. The quantitative estimate of drug-likeness (QED) is 0.314. The van der Waals surface area contributed by atoms with Crippen LogP contribution >= 0.6 is 11.6 Å². The highest BCUT2D eigenvalue weighted by Gasteiger charge is 2.38. The molecule has 4 aromatic rings. The van der Waals surface area contributed by atoms with Crippen molar-refractivity contribution in [3.8, 4) is 11.3 Å². The first kappa shape index (κ1) is 22.7. The van der Waals surface area contributed by atoms with Crippen LogP contribution in [0.4, 0.5) is 0 Å². The van der Waals surface area contributed by atoms with E-state index in [0.29, 0.717) is 30.4 Å². The second-order valence-corrected chi connectivity index (χ2v) is 10.4. The van der Waals surface area contributed by atoms with Gasteiger partial charge in [0.15, 0.2) is 0 Å². The van der Waals surface area contributed by atoms with E-state index in [0.717, 1.165) is 70.4 Å². The van der Waals surface area contributed by atoms with Gasteiger partial charge in [0.05, 0.1) is 28.9 Å².